The fourth-order valence-corrected chi connectivity index (χ4v) is 1.21. The van der Waals surface area contributed by atoms with Crippen molar-refractivity contribution in [2.24, 2.45) is 0 Å². The van der Waals surface area contributed by atoms with Crippen molar-refractivity contribution in [3.05, 3.63) is 47.7 Å². The number of carbonyl (C=O) groups excluding carboxylic acids is 1. The number of rotatable bonds is 4. The van der Waals surface area contributed by atoms with Gasteiger partial charge in [0.25, 0.3) is 0 Å². The van der Waals surface area contributed by atoms with Crippen molar-refractivity contribution in [1.82, 2.24) is 0 Å². The summed E-state index contributed by atoms with van der Waals surface area (Å²) in [6.45, 7) is 1.87. The molecule has 0 aliphatic carbocycles. The molecule has 0 heterocycles. The van der Waals surface area contributed by atoms with E-state index in [2.05, 4.69) is 0 Å². The molecule has 78 valence electrons. The first-order valence-electron chi connectivity index (χ1n) is 4.79. The number of aldehydes is 1. The largest absolute Gasteiger partial charge is 0.618 e. The fourth-order valence-electron chi connectivity index (χ4n) is 1.21. The lowest BCUT2D eigenvalue weighted by Gasteiger charge is -2.05. The molecule has 1 rings (SSSR count). The Labute approximate surface area is 88.9 Å². The molecule has 0 saturated carbocycles. The third-order valence-corrected chi connectivity index (χ3v) is 1.98. The summed E-state index contributed by atoms with van der Waals surface area (Å²) >= 11 is 0. The van der Waals surface area contributed by atoms with E-state index in [1.807, 2.05) is 13.0 Å². The maximum absolute atomic E-state index is 11.8. The standard InChI is InChI=1S/C12H13NO2/c1-2-11(9-6-10-14)13(15)12-7-4-3-5-8-12/h3-10H,2H2,1H3/b9-6+,13-11-. The van der Waals surface area contributed by atoms with Gasteiger partial charge in [-0.2, -0.15) is 4.74 Å². The molecule has 3 nitrogen and oxygen atoms in total. The second-order valence-corrected chi connectivity index (χ2v) is 2.97. The van der Waals surface area contributed by atoms with Crippen LogP contribution in [0.4, 0.5) is 5.69 Å². The van der Waals surface area contributed by atoms with Gasteiger partial charge in [0.2, 0.25) is 5.69 Å². The third-order valence-electron chi connectivity index (χ3n) is 1.98. The quantitative estimate of drug-likeness (QED) is 0.188. The Kier molecular flexibility index (Phi) is 4.29. The van der Waals surface area contributed by atoms with Gasteiger partial charge in [-0.05, 0) is 6.08 Å². The van der Waals surface area contributed by atoms with Gasteiger partial charge in [-0.1, -0.05) is 25.1 Å². The topological polar surface area (TPSA) is 43.1 Å². The van der Waals surface area contributed by atoms with Crippen LogP contribution in [0.3, 0.4) is 0 Å². The fraction of sp³-hybridized carbons (Fsp3) is 0.167. The zero-order valence-corrected chi connectivity index (χ0v) is 8.59. The zero-order valence-electron chi connectivity index (χ0n) is 8.59. The van der Waals surface area contributed by atoms with E-state index in [9.17, 15) is 10.0 Å². The second-order valence-electron chi connectivity index (χ2n) is 2.97. The van der Waals surface area contributed by atoms with Gasteiger partial charge in [-0.3, -0.25) is 4.79 Å². The Morgan fingerprint density at radius 2 is 2.07 bits per heavy atom. The van der Waals surface area contributed by atoms with E-state index >= 15 is 0 Å². The van der Waals surface area contributed by atoms with Gasteiger partial charge < -0.3 is 5.21 Å². The van der Waals surface area contributed by atoms with Gasteiger partial charge in [-0.25, -0.2) is 0 Å². The van der Waals surface area contributed by atoms with Crippen LogP contribution in [0.1, 0.15) is 13.3 Å². The molecule has 1 aromatic carbocycles. The van der Waals surface area contributed by atoms with E-state index in [4.69, 9.17) is 0 Å². The molecule has 0 spiro atoms. The highest BCUT2D eigenvalue weighted by molar-refractivity contribution is 5.94. The van der Waals surface area contributed by atoms with Crippen molar-refractivity contribution in [3.63, 3.8) is 0 Å². The minimum atomic E-state index is 0.563. The summed E-state index contributed by atoms with van der Waals surface area (Å²) in [6, 6.07) is 8.92. The number of benzene rings is 1. The average molecular weight is 203 g/mol. The molecular weight excluding hydrogens is 190 g/mol. The smallest absolute Gasteiger partial charge is 0.216 e. The molecule has 1 aromatic rings. The number of para-hydroxylation sites is 1. The van der Waals surface area contributed by atoms with E-state index in [1.54, 1.807) is 24.3 Å². The van der Waals surface area contributed by atoms with Crippen LogP contribution in [0.2, 0.25) is 0 Å². The van der Waals surface area contributed by atoms with Gasteiger partial charge in [0.15, 0.2) is 5.71 Å². The summed E-state index contributed by atoms with van der Waals surface area (Å²) in [5, 5.41) is 11.8. The molecule has 0 radical (unpaired) electrons. The molecule has 0 N–H and O–H groups in total. The molecule has 15 heavy (non-hydrogen) atoms. The summed E-state index contributed by atoms with van der Waals surface area (Å²) in [4.78, 5) is 10.2. The SMILES string of the molecule is CCC(/C=C/C=O)=[N+](/[O-])c1ccccc1. The highest BCUT2D eigenvalue weighted by Gasteiger charge is 2.05. The Balaban J connectivity index is 3.06. The first-order valence-corrected chi connectivity index (χ1v) is 4.79. The van der Waals surface area contributed by atoms with E-state index in [0.29, 0.717) is 24.1 Å². The number of allylic oxidation sites excluding steroid dienone is 2. The number of hydrogen-bond donors (Lipinski definition) is 0. The number of nitrogens with zero attached hydrogens (tertiary/aromatic N) is 1. The average Bonchev–Trinajstić information content (AvgIpc) is 2.31. The first kappa shape index (κ1) is 11.2. The summed E-state index contributed by atoms with van der Waals surface area (Å²) < 4.78 is 0.833. The van der Waals surface area contributed by atoms with E-state index in [-0.39, 0.29) is 0 Å². The molecule has 0 bridgehead atoms. The molecule has 0 atom stereocenters. The maximum atomic E-state index is 11.8. The predicted molar refractivity (Wildman–Crippen MR) is 60.2 cm³/mol. The van der Waals surface area contributed by atoms with Gasteiger partial charge in [-0.15, -0.1) is 0 Å². The first-order chi connectivity index (χ1) is 7.29. The minimum Gasteiger partial charge on any atom is -0.618 e. The molecule has 0 amide bonds. The summed E-state index contributed by atoms with van der Waals surface area (Å²) in [6.07, 6.45) is 4.11. The summed E-state index contributed by atoms with van der Waals surface area (Å²) in [5.41, 5.74) is 1.14. The van der Waals surface area contributed by atoms with Crippen LogP contribution in [0.25, 0.3) is 0 Å². The van der Waals surface area contributed by atoms with Crippen LogP contribution in [-0.2, 0) is 4.79 Å². The van der Waals surface area contributed by atoms with E-state index in [0.717, 1.165) is 4.74 Å². The minimum absolute atomic E-state index is 0.563. The van der Waals surface area contributed by atoms with Crippen LogP contribution < -0.4 is 0 Å². The molecule has 0 unspecified atom stereocenters. The van der Waals surface area contributed by atoms with Gasteiger partial charge in [0.05, 0.1) is 0 Å². The maximum Gasteiger partial charge on any atom is 0.216 e. The molecule has 0 fully saturated rings. The summed E-state index contributed by atoms with van der Waals surface area (Å²) in [5.74, 6) is 0. The Morgan fingerprint density at radius 1 is 1.40 bits per heavy atom. The van der Waals surface area contributed by atoms with Crippen LogP contribution in [0.15, 0.2) is 42.5 Å². The van der Waals surface area contributed by atoms with Crippen LogP contribution in [-0.4, -0.2) is 16.7 Å². The lowest BCUT2D eigenvalue weighted by atomic mass is 10.2. The Bertz CT molecular complexity index is 380. The molecule has 0 aliphatic heterocycles. The van der Waals surface area contributed by atoms with Crippen molar-refractivity contribution in [2.75, 3.05) is 0 Å². The number of carbonyl (C=O) groups is 1. The highest BCUT2D eigenvalue weighted by atomic mass is 16.5. The van der Waals surface area contributed by atoms with Crippen LogP contribution in [0.5, 0.6) is 0 Å². The van der Waals surface area contributed by atoms with E-state index < -0.39 is 0 Å². The normalized spacial score (nSPS) is 12.6. The molecule has 3 heteroatoms. The van der Waals surface area contributed by atoms with Gasteiger partial charge >= 0.3 is 0 Å². The van der Waals surface area contributed by atoms with Crippen molar-refractivity contribution in [1.29, 1.82) is 0 Å². The Hall–Kier alpha value is -1.90. The van der Waals surface area contributed by atoms with Crippen LogP contribution in [0, 0.1) is 5.21 Å². The number of hydrogen-bond acceptors (Lipinski definition) is 2. The second kappa shape index (κ2) is 5.75. The predicted octanol–water partition coefficient (Wildman–Crippen LogP) is 2.43. The highest BCUT2D eigenvalue weighted by Crippen LogP contribution is 2.10. The third kappa shape index (κ3) is 3.06. The molecular formula is C12H13NO2. The Morgan fingerprint density at radius 3 is 2.60 bits per heavy atom. The van der Waals surface area contributed by atoms with Crippen molar-refractivity contribution < 1.29 is 9.53 Å². The zero-order chi connectivity index (χ0) is 11.1. The van der Waals surface area contributed by atoms with Crippen LogP contribution >= 0.6 is 0 Å². The van der Waals surface area contributed by atoms with E-state index in [1.165, 1.54) is 12.2 Å². The lowest BCUT2D eigenvalue weighted by molar-refractivity contribution is -0.361. The lowest BCUT2D eigenvalue weighted by Crippen LogP contribution is -2.07. The molecule has 0 aromatic heterocycles. The monoisotopic (exact) mass is 203 g/mol. The van der Waals surface area contributed by atoms with Crippen molar-refractivity contribution in [3.8, 4) is 0 Å². The van der Waals surface area contributed by atoms with Crippen molar-refractivity contribution in [2.45, 2.75) is 13.3 Å². The molecule has 0 aliphatic rings. The van der Waals surface area contributed by atoms with Crippen molar-refractivity contribution >= 4 is 17.7 Å². The van der Waals surface area contributed by atoms with Gasteiger partial charge in [0, 0.05) is 24.6 Å². The molecule has 0 saturated heterocycles. The summed E-state index contributed by atoms with van der Waals surface area (Å²) in [7, 11) is 0. The van der Waals surface area contributed by atoms with Gasteiger partial charge in [0.1, 0.15) is 6.29 Å².